The first-order valence-corrected chi connectivity index (χ1v) is 10.1. The lowest BCUT2D eigenvalue weighted by molar-refractivity contribution is -0.113. The maximum atomic E-state index is 12.1. The average Bonchev–Trinajstić information content (AvgIpc) is 3.08. The zero-order valence-electron chi connectivity index (χ0n) is 14.3. The number of nitrogens with zero attached hydrogens (tertiary/aromatic N) is 1. The van der Waals surface area contributed by atoms with Crippen molar-refractivity contribution in [1.82, 2.24) is 4.98 Å². The second kappa shape index (κ2) is 8.32. The Hall–Kier alpha value is -2.11. The van der Waals surface area contributed by atoms with Crippen molar-refractivity contribution in [3.05, 3.63) is 70.7 Å². The van der Waals surface area contributed by atoms with Crippen LogP contribution in [-0.2, 0) is 10.5 Å². The van der Waals surface area contributed by atoms with Gasteiger partial charge in [0.1, 0.15) is 5.01 Å². The van der Waals surface area contributed by atoms with E-state index in [9.17, 15) is 4.79 Å². The highest BCUT2D eigenvalue weighted by Gasteiger charge is 2.08. The fourth-order valence-electron chi connectivity index (χ4n) is 2.39. The van der Waals surface area contributed by atoms with Crippen LogP contribution in [0.4, 0.5) is 5.69 Å². The SMILES string of the molecule is Cc1ccc(C)c(NC(=O)CSCc2csc(-c3ccccc3)n2)c1. The van der Waals surface area contributed by atoms with E-state index in [4.69, 9.17) is 0 Å². The van der Waals surface area contributed by atoms with E-state index in [0.29, 0.717) is 5.75 Å². The highest BCUT2D eigenvalue weighted by molar-refractivity contribution is 7.99. The van der Waals surface area contributed by atoms with Crippen LogP contribution < -0.4 is 5.32 Å². The van der Waals surface area contributed by atoms with E-state index in [1.807, 2.05) is 50.2 Å². The van der Waals surface area contributed by atoms with Gasteiger partial charge in [0.2, 0.25) is 5.91 Å². The molecule has 5 heteroatoms. The van der Waals surface area contributed by atoms with E-state index in [1.54, 1.807) is 23.1 Å². The normalized spacial score (nSPS) is 10.6. The Kier molecular flexibility index (Phi) is 5.89. The van der Waals surface area contributed by atoms with E-state index in [0.717, 1.165) is 38.8 Å². The fraction of sp³-hybridized carbons (Fsp3) is 0.200. The number of hydrogen-bond acceptors (Lipinski definition) is 4. The molecule has 3 rings (SSSR count). The minimum absolute atomic E-state index is 0.0252. The third-order valence-corrected chi connectivity index (χ3v) is 5.63. The molecule has 3 nitrogen and oxygen atoms in total. The van der Waals surface area contributed by atoms with Gasteiger partial charge in [-0.3, -0.25) is 4.79 Å². The van der Waals surface area contributed by atoms with Gasteiger partial charge in [-0.05, 0) is 31.0 Å². The van der Waals surface area contributed by atoms with Gasteiger partial charge in [0.25, 0.3) is 0 Å². The lowest BCUT2D eigenvalue weighted by atomic mass is 10.1. The van der Waals surface area contributed by atoms with Crippen LogP contribution in [0.5, 0.6) is 0 Å². The summed E-state index contributed by atoms with van der Waals surface area (Å²) in [6, 6.07) is 16.2. The number of rotatable bonds is 6. The average molecular weight is 369 g/mol. The maximum Gasteiger partial charge on any atom is 0.234 e. The van der Waals surface area contributed by atoms with Crippen LogP contribution in [0.25, 0.3) is 10.6 Å². The summed E-state index contributed by atoms with van der Waals surface area (Å²) in [6.45, 7) is 4.03. The van der Waals surface area contributed by atoms with Gasteiger partial charge in [-0.2, -0.15) is 0 Å². The van der Waals surface area contributed by atoms with E-state index in [-0.39, 0.29) is 5.91 Å². The molecule has 0 radical (unpaired) electrons. The Balaban J connectivity index is 1.50. The summed E-state index contributed by atoms with van der Waals surface area (Å²) in [5.74, 6) is 1.19. The van der Waals surface area contributed by atoms with Crippen molar-refractivity contribution in [2.24, 2.45) is 0 Å². The van der Waals surface area contributed by atoms with E-state index < -0.39 is 0 Å². The number of aryl methyl sites for hydroxylation is 2. The topological polar surface area (TPSA) is 42.0 Å². The van der Waals surface area contributed by atoms with Crippen molar-refractivity contribution in [3.63, 3.8) is 0 Å². The maximum absolute atomic E-state index is 12.1. The summed E-state index contributed by atoms with van der Waals surface area (Å²) in [5, 5.41) is 6.08. The van der Waals surface area contributed by atoms with Crippen molar-refractivity contribution in [2.75, 3.05) is 11.1 Å². The number of thioether (sulfide) groups is 1. The zero-order valence-corrected chi connectivity index (χ0v) is 15.9. The Labute approximate surface area is 156 Å². The number of aromatic nitrogens is 1. The van der Waals surface area contributed by atoms with Gasteiger partial charge < -0.3 is 5.32 Å². The van der Waals surface area contributed by atoms with E-state index >= 15 is 0 Å². The number of carbonyl (C=O) groups excluding carboxylic acids is 1. The summed E-state index contributed by atoms with van der Waals surface area (Å²) in [7, 11) is 0. The van der Waals surface area contributed by atoms with Crippen LogP contribution >= 0.6 is 23.1 Å². The monoisotopic (exact) mass is 368 g/mol. The molecule has 1 amide bonds. The molecule has 1 N–H and O–H groups in total. The standard InChI is InChI=1S/C20H20N2OS2/c1-14-8-9-15(2)18(10-14)22-19(23)13-24-11-17-12-25-20(21-17)16-6-4-3-5-7-16/h3-10,12H,11,13H2,1-2H3,(H,22,23). The van der Waals surface area contributed by atoms with Gasteiger partial charge in [-0.25, -0.2) is 4.98 Å². The number of amides is 1. The van der Waals surface area contributed by atoms with Crippen molar-refractivity contribution in [2.45, 2.75) is 19.6 Å². The first kappa shape index (κ1) is 17.7. The van der Waals surface area contributed by atoms with Crippen molar-refractivity contribution < 1.29 is 4.79 Å². The number of anilines is 1. The summed E-state index contributed by atoms with van der Waals surface area (Å²) in [6.07, 6.45) is 0. The van der Waals surface area contributed by atoms with E-state index in [1.165, 1.54) is 0 Å². The van der Waals surface area contributed by atoms with Crippen LogP contribution in [0, 0.1) is 13.8 Å². The molecule has 1 heterocycles. The zero-order chi connectivity index (χ0) is 17.6. The van der Waals surface area contributed by atoms with Gasteiger partial charge in [-0.1, -0.05) is 42.5 Å². The fourth-order valence-corrected chi connectivity index (χ4v) is 4.04. The van der Waals surface area contributed by atoms with Gasteiger partial charge >= 0.3 is 0 Å². The van der Waals surface area contributed by atoms with Crippen LogP contribution in [0.3, 0.4) is 0 Å². The molecule has 1 aromatic heterocycles. The number of nitrogens with one attached hydrogen (secondary N) is 1. The molecule has 0 atom stereocenters. The first-order valence-electron chi connectivity index (χ1n) is 8.06. The molecule has 25 heavy (non-hydrogen) atoms. The van der Waals surface area contributed by atoms with Crippen LogP contribution in [0.15, 0.2) is 53.9 Å². The smallest absolute Gasteiger partial charge is 0.234 e. The summed E-state index contributed by atoms with van der Waals surface area (Å²) in [5.41, 5.74) is 5.27. The van der Waals surface area contributed by atoms with E-state index in [2.05, 4.69) is 27.8 Å². The van der Waals surface area contributed by atoms with Gasteiger partial charge in [-0.15, -0.1) is 23.1 Å². The van der Waals surface area contributed by atoms with Crippen LogP contribution in [0.1, 0.15) is 16.8 Å². The third-order valence-electron chi connectivity index (χ3n) is 3.72. The molecule has 0 saturated heterocycles. The Morgan fingerprint density at radius 2 is 1.96 bits per heavy atom. The predicted octanol–water partition coefficient (Wildman–Crippen LogP) is 5.30. The predicted molar refractivity (Wildman–Crippen MR) is 108 cm³/mol. The molecule has 0 bridgehead atoms. The highest BCUT2D eigenvalue weighted by atomic mass is 32.2. The second-order valence-electron chi connectivity index (χ2n) is 5.87. The largest absolute Gasteiger partial charge is 0.325 e. The third kappa shape index (κ3) is 4.94. The van der Waals surface area contributed by atoms with Gasteiger partial charge in [0, 0.05) is 22.4 Å². The lowest BCUT2D eigenvalue weighted by Gasteiger charge is -2.09. The molecule has 0 fully saturated rings. The Morgan fingerprint density at radius 1 is 1.16 bits per heavy atom. The van der Waals surface area contributed by atoms with Gasteiger partial charge in [0.15, 0.2) is 0 Å². The molecule has 0 aliphatic heterocycles. The molecule has 0 spiro atoms. The minimum atomic E-state index is 0.0252. The van der Waals surface area contributed by atoms with Gasteiger partial charge in [0.05, 0.1) is 11.4 Å². The molecular formula is C20H20N2OS2. The molecule has 0 unspecified atom stereocenters. The molecule has 0 aliphatic rings. The van der Waals surface area contributed by atoms with Crippen molar-refractivity contribution >= 4 is 34.7 Å². The first-order chi connectivity index (χ1) is 12.1. The number of carbonyl (C=O) groups is 1. The Morgan fingerprint density at radius 3 is 2.76 bits per heavy atom. The lowest BCUT2D eigenvalue weighted by Crippen LogP contribution is -2.15. The molecule has 0 saturated carbocycles. The van der Waals surface area contributed by atoms with Crippen molar-refractivity contribution in [1.29, 1.82) is 0 Å². The Bertz CT molecular complexity index is 859. The number of thiazole rings is 1. The van der Waals surface area contributed by atoms with Crippen LogP contribution in [0.2, 0.25) is 0 Å². The minimum Gasteiger partial charge on any atom is -0.325 e. The quantitative estimate of drug-likeness (QED) is 0.642. The summed E-state index contributed by atoms with van der Waals surface area (Å²) >= 11 is 3.23. The highest BCUT2D eigenvalue weighted by Crippen LogP contribution is 2.25. The molecule has 0 aliphatic carbocycles. The summed E-state index contributed by atoms with van der Waals surface area (Å²) < 4.78 is 0. The molecular weight excluding hydrogens is 348 g/mol. The van der Waals surface area contributed by atoms with Crippen LogP contribution in [-0.4, -0.2) is 16.6 Å². The second-order valence-corrected chi connectivity index (χ2v) is 7.71. The van der Waals surface area contributed by atoms with Crippen molar-refractivity contribution in [3.8, 4) is 10.6 Å². The molecule has 128 valence electrons. The molecule has 3 aromatic rings. The number of hydrogen-bond donors (Lipinski definition) is 1. The number of benzene rings is 2. The summed E-state index contributed by atoms with van der Waals surface area (Å²) in [4.78, 5) is 16.8. The molecule has 2 aromatic carbocycles.